The van der Waals surface area contributed by atoms with E-state index in [1.54, 1.807) is 37.4 Å². The SMILES string of the molecule is CCc1ccc(C2/C(=C(/O)c3ccc(OC)c(C(C)(C)C)c3)C(=O)C(=O)N2c2ccc(C(=O)OC)cc2)cc1. The molecule has 7 heteroatoms. The number of aryl methyl sites for hydroxylation is 1. The van der Waals surface area contributed by atoms with Crippen LogP contribution in [0.15, 0.2) is 72.3 Å². The molecule has 1 saturated heterocycles. The number of ketones is 1. The number of aliphatic hydroxyl groups excluding tert-OH is 1. The number of nitrogens with zero attached hydrogens (tertiary/aromatic N) is 1. The lowest BCUT2D eigenvalue weighted by Crippen LogP contribution is -2.29. The number of carbonyl (C=O) groups excluding carboxylic acids is 3. The average Bonchev–Trinajstić information content (AvgIpc) is 3.21. The molecule has 4 rings (SSSR count). The summed E-state index contributed by atoms with van der Waals surface area (Å²) in [6.45, 7) is 8.13. The molecule has 0 bridgehead atoms. The number of hydrogen-bond donors (Lipinski definition) is 1. The molecule has 0 aromatic heterocycles. The molecular weight excluding hydrogens is 494 g/mol. The summed E-state index contributed by atoms with van der Waals surface area (Å²) in [5, 5.41) is 11.6. The largest absolute Gasteiger partial charge is 0.507 e. The van der Waals surface area contributed by atoms with Crippen molar-refractivity contribution in [2.45, 2.75) is 45.6 Å². The van der Waals surface area contributed by atoms with Gasteiger partial charge in [0, 0.05) is 16.8 Å². The van der Waals surface area contributed by atoms with Gasteiger partial charge in [0.1, 0.15) is 11.5 Å². The maximum absolute atomic E-state index is 13.5. The highest BCUT2D eigenvalue weighted by atomic mass is 16.5. The summed E-state index contributed by atoms with van der Waals surface area (Å²) in [6, 6.07) is 18.2. The van der Waals surface area contributed by atoms with Gasteiger partial charge in [-0.3, -0.25) is 14.5 Å². The monoisotopic (exact) mass is 527 g/mol. The van der Waals surface area contributed by atoms with Gasteiger partial charge in [-0.05, 0) is 65.4 Å². The van der Waals surface area contributed by atoms with Gasteiger partial charge in [-0.15, -0.1) is 0 Å². The quantitative estimate of drug-likeness (QED) is 0.184. The third-order valence-corrected chi connectivity index (χ3v) is 7.00. The highest BCUT2D eigenvalue weighted by Gasteiger charge is 2.47. The number of hydrogen-bond acceptors (Lipinski definition) is 6. The molecule has 1 atom stereocenters. The summed E-state index contributed by atoms with van der Waals surface area (Å²) in [7, 11) is 2.88. The number of anilines is 1. The second-order valence-corrected chi connectivity index (χ2v) is 10.5. The van der Waals surface area contributed by atoms with E-state index >= 15 is 0 Å². The van der Waals surface area contributed by atoms with E-state index in [4.69, 9.17) is 9.47 Å². The van der Waals surface area contributed by atoms with Crippen LogP contribution in [0.5, 0.6) is 5.75 Å². The number of aliphatic hydroxyl groups is 1. The predicted molar refractivity (Wildman–Crippen MR) is 150 cm³/mol. The lowest BCUT2D eigenvalue weighted by atomic mass is 9.84. The first-order chi connectivity index (χ1) is 18.5. The molecule has 1 heterocycles. The Hall–Kier alpha value is -4.39. The Morgan fingerprint density at radius 2 is 1.54 bits per heavy atom. The van der Waals surface area contributed by atoms with Gasteiger partial charge < -0.3 is 14.6 Å². The minimum Gasteiger partial charge on any atom is -0.507 e. The normalized spacial score (nSPS) is 16.9. The fourth-order valence-electron chi connectivity index (χ4n) is 4.82. The van der Waals surface area contributed by atoms with Crippen molar-refractivity contribution < 1.29 is 29.0 Å². The van der Waals surface area contributed by atoms with Crippen molar-refractivity contribution in [3.8, 4) is 5.75 Å². The lowest BCUT2D eigenvalue weighted by molar-refractivity contribution is -0.132. The highest BCUT2D eigenvalue weighted by Crippen LogP contribution is 2.43. The lowest BCUT2D eigenvalue weighted by Gasteiger charge is -2.26. The van der Waals surface area contributed by atoms with Crippen molar-refractivity contribution in [2.24, 2.45) is 0 Å². The van der Waals surface area contributed by atoms with Crippen molar-refractivity contribution in [3.63, 3.8) is 0 Å². The molecule has 0 radical (unpaired) electrons. The first-order valence-electron chi connectivity index (χ1n) is 12.8. The highest BCUT2D eigenvalue weighted by molar-refractivity contribution is 6.51. The predicted octanol–water partition coefficient (Wildman–Crippen LogP) is 5.97. The zero-order valence-corrected chi connectivity index (χ0v) is 23.1. The molecular formula is C32H33NO6. The van der Waals surface area contributed by atoms with Crippen LogP contribution >= 0.6 is 0 Å². The van der Waals surface area contributed by atoms with Crippen LogP contribution in [-0.4, -0.2) is 37.0 Å². The number of methoxy groups -OCH3 is 2. The third-order valence-electron chi connectivity index (χ3n) is 7.00. The van der Waals surface area contributed by atoms with Crippen molar-refractivity contribution in [1.82, 2.24) is 0 Å². The summed E-state index contributed by atoms with van der Waals surface area (Å²) in [5.74, 6) is -1.67. The van der Waals surface area contributed by atoms with Crippen LogP contribution in [0.2, 0.25) is 0 Å². The number of Topliss-reactive ketones (excluding diaryl/α,β-unsaturated/α-hetero) is 1. The number of benzene rings is 3. The first-order valence-corrected chi connectivity index (χ1v) is 12.8. The van der Waals surface area contributed by atoms with Crippen molar-refractivity contribution in [2.75, 3.05) is 19.1 Å². The van der Waals surface area contributed by atoms with Crippen molar-refractivity contribution in [3.05, 3.63) is 100 Å². The molecule has 3 aromatic carbocycles. The van der Waals surface area contributed by atoms with E-state index < -0.39 is 23.7 Å². The maximum Gasteiger partial charge on any atom is 0.337 e. The van der Waals surface area contributed by atoms with Crippen molar-refractivity contribution >= 4 is 29.1 Å². The molecule has 1 N–H and O–H groups in total. The molecule has 0 saturated carbocycles. The first kappa shape index (κ1) is 27.6. The van der Waals surface area contributed by atoms with E-state index in [9.17, 15) is 19.5 Å². The van der Waals surface area contributed by atoms with Crippen LogP contribution in [-0.2, 0) is 26.2 Å². The summed E-state index contributed by atoms with van der Waals surface area (Å²) in [6.07, 6.45) is 0.830. The molecule has 1 amide bonds. The van der Waals surface area contributed by atoms with Crippen LogP contribution in [0.3, 0.4) is 0 Å². The Kier molecular flexibility index (Phi) is 7.63. The summed E-state index contributed by atoms with van der Waals surface area (Å²) in [5.41, 5.74) is 3.46. The number of esters is 1. The second-order valence-electron chi connectivity index (χ2n) is 10.5. The second kappa shape index (κ2) is 10.8. The van der Waals surface area contributed by atoms with Crippen LogP contribution in [0, 0.1) is 0 Å². The molecule has 3 aromatic rings. The standard InChI is InChI=1S/C32H33NO6/c1-7-19-8-10-20(11-9-19)27-26(28(34)22-14-17-25(38-5)24(18-22)32(2,3)4)29(35)30(36)33(27)23-15-12-21(13-16-23)31(37)39-6/h8-18,27,34H,7H2,1-6H3/b28-26-. The molecule has 1 unspecified atom stereocenters. The zero-order valence-electron chi connectivity index (χ0n) is 23.1. The van der Waals surface area contributed by atoms with E-state index in [2.05, 4.69) is 0 Å². The van der Waals surface area contributed by atoms with Gasteiger partial charge in [0.05, 0.1) is 31.4 Å². The van der Waals surface area contributed by atoms with Gasteiger partial charge in [0.25, 0.3) is 11.7 Å². The molecule has 0 spiro atoms. The van der Waals surface area contributed by atoms with Crippen LogP contribution < -0.4 is 9.64 Å². The van der Waals surface area contributed by atoms with Crippen LogP contribution in [0.4, 0.5) is 5.69 Å². The number of rotatable bonds is 6. The molecule has 39 heavy (non-hydrogen) atoms. The fraction of sp³-hybridized carbons (Fsp3) is 0.281. The van der Waals surface area contributed by atoms with E-state index in [0.29, 0.717) is 28.1 Å². The Morgan fingerprint density at radius 1 is 0.923 bits per heavy atom. The van der Waals surface area contributed by atoms with E-state index in [0.717, 1.165) is 17.5 Å². The Bertz CT molecular complexity index is 1450. The minimum atomic E-state index is -0.875. The zero-order chi connectivity index (χ0) is 28.5. The molecule has 1 aliphatic rings. The minimum absolute atomic E-state index is 0.00804. The Morgan fingerprint density at radius 3 is 2.08 bits per heavy atom. The Labute approximate surface area is 228 Å². The maximum atomic E-state index is 13.5. The van der Waals surface area contributed by atoms with Crippen molar-refractivity contribution in [1.29, 1.82) is 0 Å². The number of amides is 1. The van der Waals surface area contributed by atoms with Crippen LogP contribution in [0.1, 0.15) is 66.3 Å². The molecule has 7 nitrogen and oxygen atoms in total. The van der Waals surface area contributed by atoms with Gasteiger partial charge in [-0.25, -0.2) is 4.79 Å². The topological polar surface area (TPSA) is 93.1 Å². The summed E-state index contributed by atoms with van der Waals surface area (Å²) in [4.78, 5) is 40.3. The number of carbonyl (C=O) groups is 3. The van der Waals surface area contributed by atoms with Gasteiger partial charge in [-0.1, -0.05) is 52.0 Å². The molecule has 1 fully saturated rings. The van der Waals surface area contributed by atoms with Gasteiger partial charge in [0.2, 0.25) is 0 Å². The smallest absolute Gasteiger partial charge is 0.337 e. The fourth-order valence-corrected chi connectivity index (χ4v) is 4.82. The van der Waals surface area contributed by atoms with Gasteiger partial charge in [0.15, 0.2) is 0 Å². The summed E-state index contributed by atoms with van der Waals surface area (Å²) < 4.78 is 10.3. The summed E-state index contributed by atoms with van der Waals surface area (Å²) >= 11 is 0. The van der Waals surface area contributed by atoms with Gasteiger partial charge in [-0.2, -0.15) is 0 Å². The average molecular weight is 528 g/mol. The molecule has 0 aliphatic carbocycles. The van der Waals surface area contributed by atoms with E-state index in [1.807, 2.05) is 52.0 Å². The number of ether oxygens (including phenoxy) is 2. The van der Waals surface area contributed by atoms with Crippen LogP contribution in [0.25, 0.3) is 5.76 Å². The molecule has 202 valence electrons. The van der Waals surface area contributed by atoms with E-state index in [1.165, 1.54) is 24.1 Å². The third kappa shape index (κ3) is 5.17. The van der Waals surface area contributed by atoms with E-state index in [-0.39, 0.29) is 16.7 Å². The Balaban J connectivity index is 1.92. The van der Waals surface area contributed by atoms with Gasteiger partial charge >= 0.3 is 5.97 Å². The molecule has 1 aliphatic heterocycles.